The second-order valence-corrected chi connectivity index (χ2v) is 6.00. The van der Waals surface area contributed by atoms with Gasteiger partial charge in [0.15, 0.2) is 5.96 Å². The summed E-state index contributed by atoms with van der Waals surface area (Å²) >= 11 is 0. The van der Waals surface area contributed by atoms with E-state index in [0.717, 1.165) is 44.2 Å². The third kappa shape index (κ3) is 5.35. The van der Waals surface area contributed by atoms with E-state index in [-0.39, 0.29) is 12.0 Å². The highest BCUT2D eigenvalue weighted by atomic mass is 16.5. The lowest BCUT2D eigenvalue weighted by molar-refractivity contribution is 0.127. The largest absolute Gasteiger partial charge is 0.481 e. The van der Waals surface area contributed by atoms with Crippen molar-refractivity contribution in [3.63, 3.8) is 0 Å². The van der Waals surface area contributed by atoms with Gasteiger partial charge in [-0.1, -0.05) is 6.07 Å². The molecule has 7 heteroatoms. The quantitative estimate of drug-likeness (QED) is 0.484. The van der Waals surface area contributed by atoms with Crippen LogP contribution in [0.15, 0.2) is 23.2 Å². The molecule has 1 aliphatic rings. The maximum atomic E-state index is 9.31. The van der Waals surface area contributed by atoms with Gasteiger partial charge in [0.1, 0.15) is 0 Å². The minimum absolute atomic E-state index is 0.0147. The third-order valence-electron chi connectivity index (χ3n) is 4.19. The van der Waals surface area contributed by atoms with Crippen LogP contribution >= 0.6 is 0 Å². The van der Waals surface area contributed by atoms with Crippen LogP contribution in [0.5, 0.6) is 5.88 Å². The van der Waals surface area contributed by atoms with Gasteiger partial charge in [-0.15, -0.1) is 0 Å². The van der Waals surface area contributed by atoms with Crippen molar-refractivity contribution in [3.8, 4) is 5.88 Å². The van der Waals surface area contributed by atoms with Crippen LogP contribution in [0.4, 0.5) is 0 Å². The molecule has 1 aliphatic heterocycles. The number of pyridine rings is 1. The Hall–Kier alpha value is -1.86. The number of aliphatic hydroxyl groups excluding tert-OH is 1. The van der Waals surface area contributed by atoms with Gasteiger partial charge in [0.25, 0.3) is 0 Å². The van der Waals surface area contributed by atoms with E-state index in [1.165, 1.54) is 0 Å². The fraction of sp³-hybridized carbons (Fsp3) is 0.647. The third-order valence-corrected chi connectivity index (χ3v) is 4.19. The molecule has 2 heterocycles. The lowest BCUT2D eigenvalue weighted by Gasteiger charge is -2.27. The van der Waals surface area contributed by atoms with Gasteiger partial charge in [0.2, 0.25) is 5.88 Å². The van der Waals surface area contributed by atoms with Crippen LogP contribution in [-0.2, 0) is 11.3 Å². The van der Waals surface area contributed by atoms with E-state index in [1.807, 2.05) is 25.1 Å². The second kappa shape index (κ2) is 9.44. The Morgan fingerprint density at radius 3 is 3.00 bits per heavy atom. The zero-order valence-electron chi connectivity index (χ0n) is 14.5. The van der Waals surface area contributed by atoms with Crippen LogP contribution in [0.2, 0.25) is 0 Å². The molecule has 7 nitrogen and oxygen atoms in total. The van der Waals surface area contributed by atoms with Gasteiger partial charge in [-0.2, -0.15) is 0 Å². The number of aromatic nitrogens is 1. The molecule has 1 aromatic heterocycles. The molecule has 1 atom stereocenters. The van der Waals surface area contributed by atoms with E-state index in [0.29, 0.717) is 19.0 Å². The number of nitrogens with one attached hydrogen (secondary N) is 2. The van der Waals surface area contributed by atoms with E-state index in [2.05, 4.69) is 20.6 Å². The molecule has 0 spiro atoms. The van der Waals surface area contributed by atoms with Gasteiger partial charge in [0, 0.05) is 37.8 Å². The van der Waals surface area contributed by atoms with E-state index in [4.69, 9.17) is 9.47 Å². The fourth-order valence-electron chi connectivity index (χ4n) is 2.74. The molecule has 1 saturated heterocycles. The topological polar surface area (TPSA) is 88.0 Å². The number of ether oxygens (including phenoxy) is 2. The molecule has 134 valence electrons. The molecule has 0 bridgehead atoms. The number of hydrogen-bond acceptors (Lipinski definition) is 5. The van der Waals surface area contributed by atoms with Gasteiger partial charge < -0.3 is 25.2 Å². The summed E-state index contributed by atoms with van der Waals surface area (Å²) in [7, 11) is 1.60. The Morgan fingerprint density at radius 1 is 1.46 bits per heavy atom. The predicted molar refractivity (Wildman–Crippen MR) is 93.2 cm³/mol. The summed E-state index contributed by atoms with van der Waals surface area (Å²) in [6.07, 6.45) is 1.69. The predicted octanol–water partition coefficient (Wildman–Crippen LogP) is 0.934. The Bertz CT molecular complexity index is 530. The highest BCUT2D eigenvalue weighted by Crippen LogP contribution is 2.31. The molecule has 0 aliphatic carbocycles. The molecular weight excluding hydrogens is 308 g/mol. The lowest BCUT2D eigenvalue weighted by Crippen LogP contribution is -2.44. The summed E-state index contributed by atoms with van der Waals surface area (Å²) in [5.74, 6) is 1.33. The average molecular weight is 336 g/mol. The van der Waals surface area contributed by atoms with Gasteiger partial charge in [0.05, 0.1) is 26.0 Å². The number of guanidine groups is 1. The van der Waals surface area contributed by atoms with Crippen molar-refractivity contribution in [2.45, 2.75) is 26.3 Å². The zero-order chi connectivity index (χ0) is 17.3. The molecule has 1 unspecified atom stereocenters. The standard InChI is InChI=1S/C17H28N4O3/c1-3-18-16(19-11-14-5-4-6-15(21-14)23-2)20-12-17(7-9-22)8-10-24-13-17/h4-6,22H,3,7-13H2,1-2H3,(H2,18,19,20). The first-order valence-electron chi connectivity index (χ1n) is 8.42. The van der Waals surface area contributed by atoms with Gasteiger partial charge >= 0.3 is 0 Å². The summed E-state index contributed by atoms with van der Waals surface area (Å²) in [5, 5.41) is 15.9. The van der Waals surface area contributed by atoms with Crippen LogP contribution in [0.1, 0.15) is 25.5 Å². The zero-order valence-corrected chi connectivity index (χ0v) is 14.5. The molecule has 1 aromatic rings. The van der Waals surface area contributed by atoms with Crippen molar-refractivity contribution in [2.24, 2.45) is 10.4 Å². The molecule has 3 N–H and O–H groups in total. The Labute approximate surface area is 143 Å². The van der Waals surface area contributed by atoms with Gasteiger partial charge in [-0.3, -0.25) is 0 Å². The first-order valence-corrected chi connectivity index (χ1v) is 8.42. The smallest absolute Gasteiger partial charge is 0.213 e. The molecule has 2 rings (SSSR count). The van der Waals surface area contributed by atoms with Crippen molar-refractivity contribution in [1.29, 1.82) is 0 Å². The van der Waals surface area contributed by atoms with Crippen LogP contribution in [-0.4, -0.2) is 56.1 Å². The van der Waals surface area contributed by atoms with Crippen LogP contribution in [0, 0.1) is 5.41 Å². The van der Waals surface area contributed by atoms with E-state index in [1.54, 1.807) is 7.11 Å². The highest BCUT2D eigenvalue weighted by Gasteiger charge is 2.34. The summed E-state index contributed by atoms with van der Waals surface area (Å²) in [5.41, 5.74) is 0.833. The second-order valence-electron chi connectivity index (χ2n) is 6.00. The number of aliphatic hydroxyl groups is 1. The number of nitrogens with zero attached hydrogens (tertiary/aromatic N) is 2. The Balaban J connectivity index is 1.97. The minimum Gasteiger partial charge on any atom is -0.481 e. The Morgan fingerprint density at radius 2 is 2.33 bits per heavy atom. The summed E-state index contributed by atoms with van der Waals surface area (Å²) in [6, 6.07) is 5.65. The van der Waals surface area contributed by atoms with Crippen molar-refractivity contribution in [2.75, 3.05) is 40.0 Å². The van der Waals surface area contributed by atoms with E-state index in [9.17, 15) is 5.11 Å². The summed E-state index contributed by atoms with van der Waals surface area (Å²) < 4.78 is 10.7. The van der Waals surface area contributed by atoms with E-state index < -0.39 is 0 Å². The summed E-state index contributed by atoms with van der Waals surface area (Å²) in [4.78, 5) is 8.95. The first kappa shape index (κ1) is 18.5. The number of aliphatic imine (C=N–C) groups is 1. The monoisotopic (exact) mass is 336 g/mol. The van der Waals surface area contributed by atoms with Crippen molar-refractivity contribution in [1.82, 2.24) is 15.6 Å². The number of hydrogen-bond donors (Lipinski definition) is 3. The maximum Gasteiger partial charge on any atom is 0.213 e. The van der Waals surface area contributed by atoms with Crippen molar-refractivity contribution >= 4 is 5.96 Å². The lowest BCUT2D eigenvalue weighted by atomic mass is 9.84. The molecule has 0 aromatic carbocycles. The molecule has 0 radical (unpaired) electrons. The molecule has 0 amide bonds. The molecule has 1 fully saturated rings. The van der Waals surface area contributed by atoms with Crippen LogP contribution in [0.25, 0.3) is 0 Å². The average Bonchev–Trinajstić information content (AvgIpc) is 3.07. The Kier molecular flexibility index (Phi) is 7.27. The van der Waals surface area contributed by atoms with Crippen LogP contribution < -0.4 is 15.4 Å². The fourth-order valence-corrected chi connectivity index (χ4v) is 2.74. The number of rotatable bonds is 8. The molecular formula is C17H28N4O3. The van der Waals surface area contributed by atoms with Gasteiger partial charge in [-0.25, -0.2) is 9.98 Å². The number of methoxy groups -OCH3 is 1. The van der Waals surface area contributed by atoms with Crippen molar-refractivity contribution < 1.29 is 14.6 Å². The molecule has 24 heavy (non-hydrogen) atoms. The minimum atomic E-state index is -0.0147. The summed E-state index contributed by atoms with van der Waals surface area (Å²) in [6.45, 7) is 5.61. The SMILES string of the molecule is CCNC(=NCc1cccc(OC)n1)NCC1(CCO)CCOC1. The highest BCUT2D eigenvalue weighted by molar-refractivity contribution is 5.79. The van der Waals surface area contributed by atoms with E-state index >= 15 is 0 Å². The molecule has 0 saturated carbocycles. The van der Waals surface area contributed by atoms with Crippen LogP contribution in [0.3, 0.4) is 0 Å². The maximum absolute atomic E-state index is 9.31. The normalized spacial score (nSPS) is 20.9. The van der Waals surface area contributed by atoms with Gasteiger partial charge in [-0.05, 0) is 25.8 Å². The van der Waals surface area contributed by atoms with Crippen molar-refractivity contribution in [3.05, 3.63) is 23.9 Å². The first-order chi connectivity index (χ1) is 11.7.